The molecule has 6 heteroatoms. The normalized spacial score (nSPS) is 19.8. The molecule has 24 heavy (non-hydrogen) atoms. The molecule has 3 N–H and O–H groups in total. The van der Waals surface area contributed by atoms with Crippen LogP contribution < -0.4 is 10.6 Å². The summed E-state index contributed by atoms with van der Waals surface area (Å²) in [6, 6.07) is 9.88. The Bertz CT molecular complexity index is 687. The number of benzene rings is 1. The van der Waals surface area contributed by atoms with Crippen molar-refractivity contribution in [1.29, 1.82) is 0 Å². The number of hydrogen-bond acceptors (Lipinski definition) is 3. The number of H-pyrrole nitrogens is 1. The predicted molar refractivity (Wildman–Crippen MR) is 96.9 cm³/mol. The van der Waals surface area contributed by atoms with E-state index >= 15 is 0 Å². The fourth-order valence-corrected chi connectivity index (χ4v) is 3.21. The van der Waals surface area contributed by atoms with Crippen LogP contribution >= 0.6 is 12.4 Å². The van der Waals surface area contributed by atoms with Crippen molar-refractivity contribution < 1.29 is 4.79 Å². The molecule has 1 aromatic heterocycles. The lowest BCUT2D eigenvalue weighted by molar-refractivity contribution is 0.102. The average Bonchev–Trinajstić information content (AvgIpc) is 3.09. The zero-order chi connectivity index (χ0) is 15.6. The first-order valence-corrected chi connectivity index (χ1v) is 8.44. The molecule has 0 radical (unpaired) electrons. The van der Waals surface area contributed by atoms with Crippen molar-refractivity contribution in [3.8, 4) is 0 Å². The summed E-state index contributed by atoms with van der Waals surface area (Å²) in [5, 5.41) is 13.4. The van der Waals surface area contributed by atoms with Crippen LogP contribution in [0.1, 0.15) is 46.8 Å². The molecule has 1 saturated heterocycles. The Morgan fingerprint density at radius 2 is 2.00 bits per heavy atom. The molecule has 1 aliphatic carbocycles. The van der Waals surface area contributed by atoms with Crippen LogP contribution in [0.15, 0.2) is 30.3 Å². The van der Waals surface area contributed by atoms with Crippen molar-refractivity contribution >= 4 is 24.1 Å². The second kappa shape index (κ2) is 7.36. The minimum Gasteiger partial charge on any atom is -0.316 e. The van der Waals surface area contributed by atoms with Gasteiger partial charge >= 0.3 is 0 Å². The number of nitrogens with one attached hydrogen (secondary N) is 3. The molecule has 1 aliphatic heterocycles. The summed E-state index contributed by atoms with van der Waals surface area (Å²) in [5.74, 6) is 1.84. The van der Waals surface area contributed by atoms with Gasteiger partial charge in [0.25, 0.3) is 5.91 Å². The molecule has 0 spiro atoms. The molecule has 0 bridgehead atoms. The van der Waals surface area contributed by atoms with Crippen LogP contribution in [0.3, 0.4) is 0 Å². The third kappa shape index (κ3) is 3.97. The van der Waals surface area contributed by atoms with Crippen LogP contribution in [0.5, 0.6) is 0 Å². The van der Waals surface area contributed by atoms with Gasteiger partial charge in [-0.1, -0.05) is 12.1 Å². The van der Waals surface area contributed by atoms with E-state index in [-0.39, 0.29) is 18.3 Å². The topological polar surface area (TPSA) is 69.8 Å². The van der Waals surface area contributed by atoms with Crippen LogP contribution in [-0.2, 0) is 6.42 Å². The van der Waals surface area contributed by atoms with Crippen LogP contribution in [0.2, 0.25) is 0 Å². The van der Waals surface area contributed by atoms with Gasteiger partial charge in [-0.05, 0) is 62.4 Å². The molecule has 1 aromatic carbocycles. The molecule has 1 saturated carbocycles. The summed E-state index contributed by atoms with van der Waals surface area (Å²) in [7, 11) is 0. The first kappa shape index (κ1) is 17.0. The third-order valence-corrected chi connectivity index (χ3v) is 4.76. The molecular weight excluding hydrogens is 324 g/mol. The number of anilines is 1. The molecule has 2 heterocycles. The highest BCUT2D eigenvalue weighted by atomic mass is 35.5. The quantitative estimate of drug-likeness (QED) is 0.779. The van der Waals surface area contributed by atoms with E-state index in [4.69, 9.17) is 0 Å². The Kier molecular flexibility index (Phi) is 5.21. The van der Waals surface area contributed by atoms with E-state index in [1.54, 1.807) is 0 Å². The van der Waals surface area contributed by atoms with E-state index in [0.717, 1.165) is 31.1 Å². The van der Waals surface area contributed by atoms with Crippen molar-refractivity contribution in [1.82, 2.24) is 15.5 Å². The van der Waals surface area contributed by atoms with Crippen molar-refractivity contribution in [3.05, 3.63) is 47.2 Å². The molecule has 2 fully saturated rings. The van der Waals surface area contributed by atoms with E-state index in [2.05, 4.69) is 33.0 Å². The number of amides is 1. The van der Waals surface area contributed by atoms with Gasteiger partial charge in [0, 0.05) is 23.2 Å². The minimum atomic E-state index is -0.104. The minimum absolute atomic E-state index is 0. The molecule has 1 amide bonds. The van der Waals surface area contributed by atoms with Crippen molar-refractivity contribution in [3.63, 3.8) is 0 Å². The SMILES string of the molecule is Cl.O=C(Nc1cc(C2CC2)[nH]n1)c1ccc(CC2CCNC2)cc1. The summed E-state index contributed by atoms with van der Waals surface area (Å²) in [5.41, 5.74) is 3.10. The molecule has 1 atom stereocenters. The van der Waals surface area contributed by atoms with Gasteiger partial charge in [0.2, 0.25) is 0 Å². The van der Waals surface area contributed by atoms with E-state index in [9.17, 15) is 4.79 Å². The molecule has 2 aliphatic rings. The van der Waals surface area contributed by atoms with Gasteiger partial charge in [0.15, 0.2) is 5.82 Å². The van der Waals surface area contributed by atoms with E-state index < -0.39 is 0 Å². The summed E-state index contributed by atoms with van der Waals surface area (Å²) in [4.78, 5) is 12.3. The first-order chi connectivity index (χ1) is 11.3. The highest BCUT2D eigenvalue weighted by Gasteiger charge is 2.25. The molecule has 5 nitrogen and oxygen atoms in total. The van der Waals surface area contributed by atoms with Gasteiger partial charge in [0.05, 0.1) is 0 Å². The number of carbonyl (C=O) groups is 1. The number of rotatable bonds is 5. The second-order valence-electron chi connectivity index (χ2n) is 6.70. The lowest BCUT2D eigenvalue weighted by Gasteiger charge is -2.09. The number of nitrogens with zero attached hydrogens (tertiary/aromatic N) is 1. The number of carbonyl (C=O) groups excluding carboxylic acids is 1. The van der Waals surface area contributed by atoms with Gasteiger partial charge in [-0.3, -0.25) is 9.89 Å². The molecule has 128 valence electrons. The second-order valence-corrected chi connectivity index (χ2v) is 6.70. The highest BCUT2D eigenvalue weighted by Crippen LogP contribution is 2.39. The summed E-state index contributed by atoms with van der Waals surface area (Å²) in [6.07, 6.45) is 4.75. The number of hydrogen-bond donors (Lipinski definition) is 3. The first-order valence-electron chi connectivity index (χ1n) is 8.44. The molecule has 2 aromatic rings. The largest absolute Gasteiger partial charge is 0.316 e. The van der Waals surface area contributed by atoms with Crippen molar-refractivity contribution in [2.75, 3.05) is 18.4 Å². The van der Waals surface area contributed by atoms with Crippen LogP contribution in [0.4, 0.5) is 5.82 Å². The molecule has 1 unspecified atom stereocenters. The Balaban J connectivity index is 0.00000169. The van der Waals surface area contributed by atoms with Gasteiger partial charge in [0.1, 0.15) is 0 Å². The van der Waals surface area contributed by atoms with Crippen LogP contribution in [0, 0.1) is 5.92 Å². The Morgan fingerprint density at radius 1 is 1.21 bits per heavy atom. The van der Waals surface area contributed by atoms with Gasteiger partial charge in [-0.25, -0.2) is 0 Å². The summed E-state index contributed by atoms with van der Waals surface area (Å²) >= 11 is 0. The highest BCUT2D eigenvalue weighted by molar-refractivity contribution is 6.03. The maximum Gasteiger partial charge on any atom is 0.256 e. The lowest BCUT2D eigenvalue weighted by Crippen LogP contribution is -2.13. The fourth-order valence-electron chi connectivity index (χ4n) is 3.21. The number of halogens is 1. The molecule has 4 rings (SSSR count). The maximum absolute atomic E-state index is 12.3. The maximum atomic E-state index is 12.3. The smallest absolute Gasteiger partial charge is 0.256 e. The Hall–Kier alpha value is -1.85. The van der Waals surface area contributed by atoms with E-state index in [1.807, 2.05) is 18.2 Å². The Labute approximate surface area is 148 Å². The average molecular weight is 347 g/mol. The zero-order valence-electron chi connectivity index (χ0n) is 13.5. The third-order valence-electron chi connectivity index (χ3n) is 4.76. The predicted octanol–water partition coefficient (Wildman–Crippen LogP) is 3.11. The summed E-state index contributed by atoms with van der Waals surface area (Å²) in [6.45, 7) is 2.22. The number of aromatic nitrogens is 2. The van der Waals surface area contributed by atoms with E-state index in [0.29, 0.717) is 17.3 Å². The monoisotopic (exact) mass is 346 g/mol. The summed E-state index contributed by atoms with van der Waals surface area (Å²) < 4.78 is 0. The molecular formula is C18H23ClN4O. The van der Waals surface area contributed by atoms with Gasteiger partial charge in [-0.2, -0.15) is 5.10 Å². The fraction of sp³-hybridized carbons (Fsp3) is 0.444. The van der Waals surface area contributed by atoms with Crippen LogP contribution in [-0.4, -0.2) is 29.2 Å². The van der Waals surface area contributed by atoms with E-state index in [1.165, 1.54) is 24.8 Å². The van der Waals surface area contributed by atoms with Crippen molar-refractivity contribution in [2.24, 2.45) is 5.92 Å². The Morgan fingerprint density at radius 3 is 2.67 bits per heavy atom. The van der Waals surface area contributed by atoms with Gasteiger partial charge in [-0.15, -0.1) is 12.4 Å². The van der Waals surface area contributed by atoms with Gasteiger partial charge < -0.3 is 10.6 Å². The number of aromatic amines is 1. The van der Waals surface area contributed by atoms with Crippen LogP contribution in [0.25, 0.3) is 0 Å². The van der Waals surface area contributed by atoms with Crippen molar-refractivity contribution in [2.45, 2.75) is 31.6 Å². The standard InChI is InChI=1S/C18H22N4O.ClH/c23-18(20-17-10-16(21-22-17)14-5-6-14)15-3-1-12(2-4-15)9-13-7-8-19-11-13;/h1-4,10,13-14,19H,5-9,11H2,(H2,20,21,22,23);1H. The zero-order valence-corrected chi connectivity index (χ0v) is 14.4. The lowest BCUT2D eigenvalue weighted by atomic mass is 9.98.